The number of hydrogen-bond acceptors (Lipinski definition) is 3. The zero-order valence-electron chi connectivity index (χ0n) is 12.3. The number of fused-ring (bicyclic) bond motifs is 1. The van der Waals surface area contributed by atoms with Crippen molar-refractivity contribution in [3.05, 3.63) is 29.7 Å². The average molecular weight is 287 g/mol. The molecule has 3 heterocycles. The molecule has 0 saturated carbocycles. The first-order chi connectivity index (χ1) is 10.1. The van der Waals surface area contributed by atoms with Crippen LogP contribution in [-0.4, -0.2) is 41.5 Å². The van der Waals surface area contributed by atoms with E-state index in [4.69, 9.17) is 11.2 Å². The molecule has 1 saturated heterocycles. The number of hydrogen-bond donors (Lipinski definition) is 0. The molecule has 4 nitrogen and oxygen atoms in total. The summed E-state index contributed by atoms with van der Waals surface area (Å²) < 4.78 is 22.5. The van der Waals surface area contributed by atoms with Crippen LogP contribution >= 0.6 is 0 Å². The first kappa shape index (κ1) is 13.9. The first-order valence-electron chi connectivity index (χ1n) is 6.97. The minimum Gasteiger partial charge on any atom is -0.496 e. The summed E-state index contributed by atoms with van der Waals surface area (Å²) in [6, 6.07) is 1.75. The molecule has 0 bridgehead atoms. The van der Waals surface area contributed by atoms with Gasteiger partial charge in [-0.2, -0.15) is 0 Å². The minimum absolute atomic E-state index is 0.450. The number of terminal acetylenes is 1. The van der Waals surface area contributed by atoms with E-state index in [0.717, 1.165) is 13.1 Å². The molecule has 0 aliphatic carbocycles. The molecular weight excluding hydrogens is 269 g/mol. The third kappa shape index (κ3) is 2.26. The van der Waals surface area contributed by atoms with Crippen LogP contribution in [0.25, 0.3) is 5.65 Å². The minimum atomic E-state index is -1.39. The Balaban J connectivity index is 2.14. The standard InChI is InChI=1S/C16H18FN3O/c1-4-12-10-18-15-9-14(21-3)13(11-20(12)15)16(17)5-7-19(2)8-6-16/h1,9-11H,5-8H2,2-3H3. The van der Waals surface area contributed by atoms with E-state index in [0.29, 0.717) is 35.5 Å². The van der Waals surface area contributed by atoms with Gasteiger partial charge in [-0.3, -0.25) is 4.40 Å². The summed E-state index contributed by atoms with van der Waals surface area (Å²) in [7, 11) is 3.56. The molecular formula is C16H18FN3O. The molecule has 0 unspecified atom stereocenters. The molecule has 1 aliphatic heterocycles. The molecule has 1 aliphatic rings. The summed E-state index contributed by atoms with van der Waals surface area (Å²) in [4.78, 5) is 6.36. The maximum Gasteiger partial charge on any atom is 0.143 e. The van der Waals surface area contributed by atoms with Crippen molar-refractivity contribution in [2.45, 2.75) is 18.5 Å². The van der Waals surface area contributed by atoms with Gasteiger partial charge in [0.2, 0.25) is 0 Å². The third-order valence-corrected chi connectivity index (χ3v) is 4.24. The van der Waals surface area contributed by atoms with Crippen molar-refractivity contribution >= 4 is 5.65 Å². The largest absolute Gasteiger partial charge is 0.496 e. The summed E-state index contributed by atoms with van der Waals surface area (Å²) in [6.45, 7) is 1.45. The fourth-order valence-corrected chi connectivity index (χ4v) is 2.86. The molecule has 2 aromatic heterocycles. The smallest absolute Gasteiger partial charge is 0.143 e. The van der Waals surface area contributed by atoms with E-state index in [1.165, 1.54) is 0 Å². The molecule has 0 aromatic carbocycles. The van der Waals surface area contributed by atoms with E-state index < -0.39 is 5.67 Å². The topological polar surface area (TPSA) is 29.8 Å². The molecule has 0 spiro atoms. The second-order valence-electron chi connectivity index (χ2n) is 5.54. The Morgan fingerprint density at radius 1 is 1.43 bits per heavy atom. The van der Waals surface area contributed by atoms with Crippen LogP contribution in [0.2, 0.25) is 0 Å². The van der Waals surface area contributed by atoms with Crippen molar-refractivity contribution in [3.63, 3.8) is 0 Å². The van der Waals surface area contributed by atoms with Gasteiger partial charge in [0.05, 0.1) is 13.3 Å². The van der Waals surface area contributed by atoms with Gasteiger partial charge in [-0.05, 0) is 19.9 Å². The van der Waals surface area contributed by atoms with Gasteiger partial charge in [-0.15, -0.1) is 6.42 Å². The molecule has 0 amide bonds. The fourth-order valence-electron chi connectivity index (χ4n) is 2.86. The summed E-state index contributed by atoms with van der Waals surface area (Å²) in [5, 5.41) is 0. The van der Waals surface area contributed by atoms with Crippen LogP contribution in [0.4, 0.5) is 4.39 Å². The van der Waals surface area contributed by atoms with E-state index >= 15 is 4.39 Å². The Morgan fingerprint density at radius 3 is 2.76 bits per heavy atom. The Kier molecular flexibility index (Phi) is 3.34. The van der Waals surface area contributed by atoms with Gasteiger partial charge in [0.1, 0.15) is 22.8 Å². The second kappa shape index (κ2) is 5.05. The highest BCUT2D eigenvalue weighted by Gasteiger charge is 2.38. The normalized spacial score (nSPS) is 18.6. The van der Waals surface area contributed by atoms with E-state index in [2.05, 4.69) is 15.8 Å². The molecule has 0 N–H and O–H groups in total. The molecule has 110 valence electrons. The molecule has 5 heteroatoms. The van der Waals surface area contributed by atoms with Crippen LogP contribution in [0.15, 0.2) is 18.5 Å². The van der Waals surface area contributed by atoms with Gasteiger partial charge in [-0.25, -0.2) is 9.37 Å². The molecule has 0 radical (unpaired) electrons. The van der Waals surface area contributed by atoms with Crippen LogP contribution < -0.4 is 4.74 Å². The molecule has 3 rings (SSSR count). The Hall–Kier alpha value is -2.06. The van der Waals surface area contributed by atoms with Gasteiger partial charge in [0.15, 0.2) is 0 Å². The number of halogens is 1. The maximum atomic E-state index is 15.4. The number of methoxy groups -OCH3 is 1. The van der Waals surface area contributed by atoms with Gasteiger partial charge in [-0.1, -0.05) is 5.92 Å². The van der Waals surface area contributed by atoms with E-state index in [1.54, 1.807) is 30.0 Å². The van der Waals surface area contributed by atoms with Crippen molar-refractivity contribution in [2.24, 2.45) is 0 Å². The lowest BCUT2D eigenvalue weighted by Crippen LogP contribution is -2.38. The van der Waals surface area contributed by atoms with Crippen LogP contribution in [0, 0.1) is 12.3 Å². The summed E-state index contributed by atoms with van der Waals surface area (Å²) >= 11 is 0. The van der Waals surface area contributed by atoms with E-state index in [9.17, 15) is 0 Å². The van der Waals surface area contributed by atoms with Crippen LogP contribution in [0.3, 0.4) is 0 Å². The lowest BCUT2D eigenvalue weighted by molar-refractivity contribution is 0.0645. The average Bonchev–Trinajstić information content (AvgIpc) is 2.91. The number of piperidine rings is 1. The number of pyridine rings is 1. The molecule has 21 heavy (non-hydrogen) atoms. The summed E-state index contributed by atoms with van der Waals surface area (Å²) in [5.41, 5.74) is 0.452. The Labute approximate surface area is 123 Å². The Bertz CT molecular complexity index is 708. The zero-order chi connectivity index (χ0) is 15.0. The third-order valence-electron chi connectivity index (χ3n) is 4.24. The number of alkyl halides is 1. The van der Waals surface area contributed by atoms with Crippen LogP contribution in [-0.2, 0) is 5.67 Å². The molecule has 1 fully saturated rings. The number of imidazole rings is 1. The van der Waals surface area contributed by atoms with Crippen molar-refractivity contribution in [1.29, 1.82) is 0 Å². The summed E-state index contributed by atoms with van der Waals surface area (Å²) in [6.07, 6.45) is 9.71. The van der Waals surface area contributed by atoms with Crippen molar-refractivity contribution < 1.29 is 9.13 Å². The van der Waals surface area contributed by atoms with Crippen LogP contribution in [0.5, 0.6) is 5.75 Å². The fraction of sp³-hybridized carbons (Fsp3) is 0.438. The Morgan fingerprint density at radius 2 is 2.14 bits per heavy atom. The van der Waals surface area contributed by atoms with Gasteiger partial charge in [0.25, 0.3) is 0 Å². The van der Waals surface area contributed by atoms with E-state index in [1.807, 2.05) is 7.05 Å². The quantitative estimate of drug-likeness (QED) is 0.793. The highest BCUT2D eigenvalue weighted by atomic mass is 19.1. The van der Waals surface area contributed by atoms with Crippen molar-refractivity contribution in [3.8, 4) is 18.1 Å². The SMILES string of the molecule is C#Cc1cnc2cc(OC)c(C3(F)CCN(C)CC3)cn12. The number of rotatable bonds is 2. The number of ether oxygens (including phenoxy) is 1. The first-order valence-corrected chi connectivity index (χ1v) is 6.97. The van der Waals surface area contributed by atoms with Crippen molar-refractivity contribution in [2.75, 3.05) is 27.2 Å². The number of likely N-dealkylation sites (tertiary alicyclic amines) is 1. The lowest BCUT2D eigenvalue weighted by Gasteiger charge is -2.35. The maximum absolute atomic E-state index is 15.4. The van der Waals surface area contributed by atoms with Gasteiger partial charge >= 0.3 is 0 Å². The molecule has 0 atom stereocenters. The number of nitrogens with zero attached hydrogens (tertiary/aromatic N) is 3. The lowest BCUT2D eigenvalue weighted by atomic mass is 9.86. The highest BCUT2D eigenvalue weighted by Crippen LogP contribution is 2.41. The summed E-state index contributed by atoms with van der Waals surface area (Å²) in [5.74, 6) is 3.10. The van der Waals surface area contributed by atoms with Gasteiger partial charge in [0, 0.05) is 30.9 Å². The second-order valence-corrected chi connectivity index (χ2v) is 5.54. The predicted octanol–water partition coefficient (Wildman–Crippen LogP) is 2.21. The monoisotopic (exact) mass is 287 g/mol. The highest BCUT2D eigenvalue weighted by molar-refractivity contribution is 5.53. The van der Waals surface area contributed by atoms with Crippen molar-refractivity contribution in [1.82, 2.24) is 14.3 Å². The van der Waals surface area contributed by atoms with Crippen LogP contribution in [0.1, 0.15) is 24.1 Å². The van der Waals surface area contributed by atoms with E-state index in [-0.39, 0.29) is 0 Å². The zero-order valence-corrected chi connectivity index (χ0v) is 12.3. The molecule has 2 aromatic rings. The number of aromatic nitrogens is 2. The predicted molar refractivity (Wildman–Crippen MR) is 79.2 cm³/mol. The van der Waals surface area contributed by atoms with Gasteiger partial charge < -0.3 is 9.64 Å².